The number of hydrogen-bond donors (Lipinski definition) is 1. The zero-order valence-electron chi connectivity index (χ0n) is 9.95. The van der Waals surface area contributed by atoms with Gasteiger partial charge < -0.3 is 10.2 Å². The zero-order valence-corrected chi connectivity index (χ0v) is 13.1. The van der Waals surface area contributed by atoms with Crippen molar-refractivity contribution in [2.24, 2.45) is 0 Å². The number of amides is 1. The van der Waals surface area contributed by atoms with Crippen molar-refractivity contribution >= 4 is 45.8 Å². The SMILES string of the molecule is C[C@@H]1CN(C(=O)c2cc(Br)ccc2Cl)CCN1.Cl. The van der Waals surface area contributed by atoms with Crippen molar-refractivity contribution in [3.8, 4) is 0 Å². The highest BCUT2D eigenvalue weighted by Gasteiger charge is 2.23. The summed E-state index contributed by atoms with van der Waals surface area (Å²) in [5.74, 6) is 0.00431. The Bertz CT molecular complexity index is 442. The minimum Gasteiger partial charge on any atom is -0.336 e. The van der Waals surface area contributed by atoms with Crippen molar-refractivity contribution in [3.05, 3.63) is 33.3 Å². The van der Waals surface area contributed by atoms with E-state index in [1.807, 2.05) is 11.0 Å². The highest BCUT2D eigenvalue weighted by Crippen LogP contribution is 2.22. The standard InChI is InChI=1S/C12H14BrClN2O.ClH/c1-8-7-16(5-4-15-8)12(17)10-6-9(13)2-3-11(10)14;/h2-3,6,8,15H,4-5,7H2,1H3;1H/t8-;/m1./s1. The smallest absolute Gasteiger partial charge is 0.255 e. The molecule has 1 atom stereocenters. The zero-order chi connectivity index (χ0) is 12.4. The third-order valence-electron chi connectivity index (χ3n) is 2.81. The van der Waals surface area contributed by atoms with Gasteiger partial charge in [0.15, 0.2) is 0 Å². The summed E-state index contributed by atoms with van der Waals surface area (Å²) in [6.45, 7) is 4.36. The molecule has 0 saturated carbocycles. The van der Waals surface area contributed by atoms with Gasteiger partial charge in [-0.2, -0.15) is 0 Å². The van der Waals surface area contributed by atoms with E-state index in [4.69, 9.17) is 11.6 Å². The van der Waals surface area contributed by atoms with Crippen molar-refractivity contribution in [2.75, 3.05) is 19.6 Å². The number of hydrogen-bond acceptors (Lipinski definition) is 2. The summed E-state index contributed by atoms with van der Waals surface area (Å²) in [4.78, 5) is 14.2. The van der Waals surface area contributed by atoms with Crippen LogP contribution in [0.25, 0.3) is 0 Å². The molecule has 0 spiro atoms. The van der Waals surface area contributed by atoms with Gasteiger partial charge in [0.1, 0.15) is 0 Å². The molecule has 3 nitrogen and oxygen atoms in total. The molecule has 0 radical (unpaired) electrons. The van der Waals surface area contributed by atoms with Crippen molar-refractivity contribution in [2.45, 2.75) is 13.0 Å². The molecule has 0 bridgehead atoms. The van der Waals surface area contributed by atoms with Crippen LogP contribution in [0, 0.1) is 0 Å². The van der Waals surface area contributed by atoms with E-state index >= 15 is 0 Å². The molecule has 1 amide bonds. The average molecular weight is 354 g/mol. The fourth-order valence-electron chi connectivity index (χ4n) is 1.95. The third kappa shape index (κ3) is 3.60. The van der Waals surface area contributed by atoms with Gasteiger partial charge in [0.05, 0.1) is 10.6 Å². The summed E-state index contributed by atoms with van der Waals surface area (Å²) >= 11 is 9.42. The Morgan fingerprint density at radius 3 is 2.94 bits per heavy atom. The molecular weight excluding hydrogens is 339 g/mol. The molecule has 6 heteroatoms. The van der Waals surface area contributed by atoms with E-state index in [1.165, 1.54) is 0 Å². The first-order valence-corrected chi connectivity index (χ1v) is 6.72. The van der Waals surface area contributed by atoms with Gasteiger partial charge in [0, 0.05) is 30.1 Å². The van der Waals surface area contributed by atoms with Gasteiger partial charge in [-0.25, -0.2) is 0 Å². The minimum absolute atomic E-state index is 0. The predicted molar refractivity (Wildman–Crippen MR) is 79.8 cm³/mol. The van der Waals surface area contributed by atoms with Gasteiger partial charge in [-0.15, -0.1) is 12.4 Å². The van der Waals surface area contributed by atoms with Gasteiger partial charge in [-0.3, -0.25) is 4.79 Å². The van der Waals surface area contributed by atoms with Crippen molar-refractivity contribution in [1.29, 1.82) is 0 Å². The maximum atomic E-state index is 12.3. The Balaban J connectivity index is 0.00000162. The van der Waals surface area contributed by atoms with Gasteiger partial charge in [-0.1, -0.05) is 27.5 Å². The second-order valence-corrected chi connectivity index (χ2v) is 5.55. The van der Waals surface area contributed by atoms with Gasteiger partial charge in [0.2, 0.25) is 0 Å². The van der Waals surface area contributed by atoms with Crippen LogP contribution in [0.3, 0.4) is 0 Å². The lowest BCUT2D eigenvalue weighted by Crippen LogP contribution is -2.51. The van der Waals surface area contributed by atoms with Crippen LogP contribution in [0.5, 0.6) is 0 Å². The summed E-state index contributed by atoms with van der Waals surface area (Å²) in [5, 5.41) is 3.81. The summed E-state index contributed by atoms with van der Waals surface area (Å²) in [6, 6.07) is 5.68. The van der Waals surface area contributed by atoms with Crippen LogP contribution >= 0.6 is 39.9 Å². The summed E-state index contributed by atoms with van der Waals surface area (Å²) < 4.78 is 0.869. The Hall–Kier alpha value is -0.290. The van der Waals surface area contributed by atoms with Crippen molar-refractivity contribution < 1.29 is 4.79 Å². The van der Waals surface area contributed by atoms with E-state index in [9.17, 15) is 4.79 Å². The highest BCUT2D eigenvalue weighted by molar-refractivity contribution is 9.10. The molecule has 0 unspecified atom stereocenters. The largest absolute Gasteiger partial charge is 0.336 e. The number of piperazine rings is 1. The number of nitrogens with zero attached hydrogens (tertiary/aromatic N) is 1. The molecule has 2 rings (SSSR count). The van der Waals surface area contributed by atoms with Gasteiger partial charge in [0.25, 0.3) is 5.91 Å². The Kier molecular flexibility index (Phi) is 5.92. The molecule has 1 N–H and O–H groups in total. The van der Waals surface area contributed by atoms with Crippen LogP contribution in [0.15, 0.2) is 22.7 Å². The number of rotatable bonds is 1. The summed E-state index contributed by atoms with van der Waals surface area (Å²) in [6.07, 6.45) is 0. The summed E-state index contributed by atoms with van der Waals surface area (Å²) in [5.41, 5.74) is 0.565. The highest BCUT2D eigenvalue weighted by atomic mass is 79.9. The van der Waals surface area contributed by atoms with Crippen LogP contribution < -0.4 is 5.32 Å². The number of halogens is 3. The van der Waals surface area contributed by atoms with E-state index in [0.717, 1.165) is 24.1 Å². The molecule has 18 heavy (non-hydrogen) atoms. The van der Waals surface area contributed by atoms with Crippen molar-refractivity contribution in [1.82, 2.24) is 10.2 Å². The molecule has 0 aliphatic carbocycles. The maximum absolute atomic E-state index is 12.3. The van der Waals surface area contributed by atoms with Gasteiger partial charge in [-0.05, 0) is 25.1 Å². The first kappa shape index (κ1) is 15.8. The van der Waals surface area contributed by atoms with Crippen LogP contribution in [-0.4, -0.2) is 36.5 Å². The second-order valence-electron chi connectivity index (χ2n) is 4.23. The Morgan fingerprint density at radius 2 is 2.28 bits per heavy atom. The molecule has 1 saturated heterocycles. The number of benzene rings is 1. The molecule has 100 valence electrons. The molecule has 1 heterocycles. The average Bonchev–Trinajstić information content (AvgIpc) is 2.31. The van der Waals surface area contributed by atoms with E-state index in [0.29, 0.717) is 16.6 Å². The lowest BCUT2D eigenvalue weighted by atomic mass is 10.1. The molecule has 1 aliphatic rings. The molecule has 1 fully saturated rings. The number of carbonyl (C=O) groups excluding carboxylic acids is 1. The van der Waals surface area contributed by atoms with E-state index in [2.05, 4.69) is 28.2 Å². The lowest BCUT2D eigenvalue weighted by molar-refractivity contribution is 0.0709. The normalized spacial score (nSPS) is 19.3. The predicted octanol–water partition coefficient (Wildman–Crippen LogP) is 2.96. The lowest BCUT2D eigenvalue weighted by Gasteiger charge is -2.32. The fraction of sp³-hybridized carbons (Fsp3) is 0.417. The third-order valence-corrected chi connectivity index (χ3v) is 3.64. The van der Waals surface area contributed by atoms with E-state index in [-0.39, 0.29) is 18.3 Å². The number of carbonyl (C=O) groups is 1. The van der Waals surface area contributed by atoms with E-state index in [1.54, 1.807) is 12.1 Å². The quantitative estimate of drug-likeness (QED) is 0.841. The Labute approximate surface area is 126 Å². The fourth-order valence-corrected chi connectivity index (χ4v) is 2.51. The molecular formula is C12H15BrCl2N2O. The van der Waals surface area contributed by atoms with Gasteiger partial charge >= 0.3 is 0 Å². The summed E-state index contributed by atoms with van der Waals surface area (Å²) in [7, 11) is 0. The van der Waals surface area contributed by atoms with E-state index < -0.39 is 0 Å². The molecule has 1 aromatic carbocycles. The van der Waals surface area contributed by atoms with Crippen LogP contribution in [0.2, 0.25) is 5.02 Å². The van der Waals surface area contributed by atoms with Crippen molar-refractivity contribution in [3.63, 3.8) is 0 Å². The number of nitrogens with one attached hydrogen (secondary N) is 1. The molecule has 1 aromatic rings. The molecule has 0 aromatic heterocycles. The monoisotopic (exact) mass is 352 g/mol. The maximum Gasteiger partial charge on any atom is 0.255 e. The first-order chi connectivity index (χ1) is 8.08. The first-order valence-electron chi connectivity index (χ1n) is 5.55. The van der Waals surface area contributed by atoms with Crippen LogP contribution in [-0.2, 0) is 0 Å². The van der Waals surface area contributed by atoms with Crippen LogP contribution in [0.4, 0.5) is 0 Å². The molecule has 1 aliphatic heterocycles. The topological polar surface area (TPSA) is 32.3 Å². The second kappa shape index (κ2) is 6.75. The Morgan fingerprint density at radius 1 is 1.56 bits per heavy atom. The van der Waals surface area contributed by atoms with Crippen LogP contribution in [0.1, 0.15) is 17.3 Å². The minimum atomic E-state index is 0.